The third-order valence-corrected chi connectivity index (χ3v) is 5.43. The smallest absolute Gasteiger partial charge is 0.410 e. The van der Waals surface area contributed by atoms with E-state index in [1.807, 2.05) is 45.3 Å². The van der Waals surface area contributed by atoms with Gasteiger partial charge in [0, 0.05) is 24.5 Å². The summed E-state index contributed by atoms with van der Waals surface area (Å²) in [5.41, 5.74) is 2.09. The number of benzene rings is 1. The van der Waals surface area contributed by atoms with E-state index in [1.54, 1.807) is 11.0 Å². The van der Waals surface area contributed by atoms with Gasteiger partial charge in [0.2, 0.25) is 5.95 Å². The summed E-state index contributed by atoms with van der Waals surface area (Å²) in [5, 5.41) is 3.77. The second kappa shape index (κ2) is 8.40. The lowest BCUT2D eigenvalue weighted by atomic mass is 10.0. The van der Waals surface area contributed by atoms with E-state index < -0.39 is 5.60 Å². The Morgan fingerprint density at radius 1 is 1.27 bits per heavy atom. The number of amides is 1. The highest BCUT2D eigenvalue weighted by atomic mass is 35.5. The number of anilines is 2. The van der Waals surface area contributed by atoms with Gasteiger partial charge in [-0.1, -0.05) is 23.7 Å². The molecule has 1 saturated heterocycles. The van der Waals surface area contributed by atoms with Crippen LogP contribution in [0, 0.1) is 0 Å². The lowest BCUT2D eigenvalue weighted by Gasteiger charge is -2.37. The summed E-state index contributed by atoms with van der Waals surface area (Å²) in [6.45, 7) is 6.83. The predicted molar refractivity (Wildman–Crippen MR) is 115 cm³/mol. The zero-order chi connectivity index (χ0) is 21.3. The van der Waals surface area contributed by atoms with E-state index in [2.05, 4.69) is 15.3 Å². The summed E-state index contributed by atoms with van der Waals surface area (Å²) in [4.78, 5) is 23.4. The van der Waals surface area contributed by atoms with Gasteiger partial charge in [-0.25, -0.2) is 14.8 Å². The molecule has 1 amide bonds. The Hall–Kier alpha value is -2.38. The van der Waals surface area contributed by atoms with Crippen LogP contribution in [0.25, 0.3) is 0 Å². The molecular formula is C22H27ClN4O3. The number of hydrogen-bond donors (Lipinski definition) is 1. The zero-order valence-electron chi connectivity index (χ0n) is 17.5. The van der Waals surface area contributed by atoms with Crippen LogP contribution in [-0.4, -0.2) is 46.3 Å². The summed E-state index contributed by atoms with van der Waals surface area (Å²) >= 11 is 6.53. The van der Waals surface area contributed by atoms with Gasteiger partial charge < -0.3 is 14.8 Å². The average Bonchev–Trinajstić information content (AvgIpc) is 3.54. The maximum Gasteiger partial charge on any atom is 0.410 e. The van der Waals surface area contributed by atoms with Gasteiger partial charge in [-0.15, -0.1) is 0 Å². The number of nitrogens with zero attached hydrogens (tertiary/aromatic N) is 3. The third kappa shape index (κ3) is 4.84. The van der Waals surface area contributed by atoms with Crippen LogP contribution in [-0.2, 0) is 9.47 Å². The number of rotatable bonds is 4. The molecule has 1 unspecified atom stereocenters. The van der Waals surface area contributed by atoms with Crippen molar-refractivity contribution in [2.45, 2.75) is 51.2 Å². The van der Waals surface area contributed by atoms with Crippen LogP contribution in [0.3, 0.4) is 0 Å². The van der Waals surface area contributed by atoms with Crippen molar-refractivity contribution < 1.29 is 14.3 Å². The summed E-state index contributed by atoms with van der Waals surface area (Å²) in [5.74, 6) is 1.06. The quantitative estimate of drug-likeness (QED) is 0.730. The van der Waals surface area contributed by atoms with Crippen LogP contribution in [0.2, 0.25) is 5.02 Å². The molecule has 1 N–H and O–H groups in total. The third-order valence-electron chi connectivity index (χ3n) is 5.12. The molecule has 2 fully saturated rings. The van der Waals surface area contributed by atoms with E-state index >= 15 is 0 Å². The molecule has 1 aromatic heterocycles. The van der Waals surface area contributed by atoms with E-state index in [1.165, 1.54) is 12.8 Å². The number of ether oxygens (including phenoxy) is 2. The normalized spacial score (nSPS) is 19.5. The second-order valence-electron chi connectivity index (χ2n) is 8.71. The standard InChI is InChI=1S/C22H27ClN4O3/c1-22(2,3)30-21(28)27-9-10-29-13-18(27)16-5-4-6-17(23)19(16)26-20-24-11-15(12-25-20)14-7-8-14/h4-6,11-12,14,18H,7-10,13H2,1-3H3,(H,24,25,26). The van der Waals surface area contributed by atoms with Crippen LogP contribution in [0.15, 0.2) is 30.6 Å². The Bertz CT molecular complexity index is 910. The van der Waals surface area contributed by atoms with Crippen LogP contribution in [0.5, 0.6) is 0 Å². The summed E-state index contributed by atoms with van der Waals surface area (Å²) in [7, 11) is 0. The molecule has 30 heavy (non-hydrogen) atoms. The Balaban J connectivity index is 1.61. The largest absolute Gasteiger partial charge is 0.444 e. The number of para-hydroxylation sites is 1. The number of morpholine rings is 1. The highest BCUT2D eigenvalue weighted by molar-refractivity contribution is 6.33. The van der Waals surface area contributed by atoms with Crippen molar-refractivity contribution in [2.75, 3.05) is 25.1 Å². The number of carbonyl (C=O) groups excluding carboxylic acids is 1. The maximum atomic E-state index is 12.8. The molecule has 1 saturated carbocycles. The molecule has 1 aliphatic heterocycles. The first kappa shape index (κ1) is 20.9. The molecule has 0 bridgehead atoms. The molecule has 2 aromatic rings. The van der Waals surface area contributed by atoms with Gasteiger partial charge in [0.15, 0.2) is 0 Å². The van der Waals surface area contributed by atoms with E-state index in [-0.39, 0.29) is 12.1 Å². The molecule has 1 atom stereocenters. The van der Waals surface area contributed by atoms with Gasteiger partial charge >= 0.3 is 6.09 Å². The molecule has 8 heteroatoms. The van der Waals surface area contributed by atoms with E-state index in [4.69, 9.17) is 21.1 Å². The van der Waals surface area contributed by atoms with Crippen molar-refractivity contribution in [2.24, 2.45) is 0 Å². The molecule has 160 valence electrons. The molecule has 2 aliphatic rings. The minimum Gasteiger partial charge on any atom is -0.444 e. The van der Waals surface area contributed by atoms with Crippen LogP contribution in [0.4, 0.5) is 16.4 Å². The van der Waals surface area contributed by atoms with Crippen molar-refractivity contribution in [3.05, 3.63) is 46.7 Å². The van der Waals surface area contributed by atoms with E-state index in [0.29, 0.717) is 42.3 Å². The van der Waals surface area contributed by atoms with Crippen molar-refractivity contribution in [3.8, 4) is 0 Å². The highest BCUT2D eigenvalue weighted by Gasteiger charge is 2.34. The molecule has 0 radical (unpaired) electrons. The number of halogens is 1. The SMILES string of the molecule is CC(C)(C)OC(=O)N1CCOCC1c1cccc(Cl)c1Nc1ncc(C2CC2)cn1. The van der Waals surface area contributed by atoms with Crippen molar-refractivity contribution >= 4 is 29.3 Å². The average molecular weight is 431 g/mol. The minimum absolute atomic E-state index is 0.333. The lowest BCUT2D eigenvalue weighted by molar-refractivity contribution is -0.0329. The van der Waals surface area contributed by atoms with E-state index in [0.717, 1.165) is 11.1 Å². The van der Waals surface area contributed by atoms with Gasteiger partial charge in [0.25, 0.3) is 0 Å². The van der Waals surface area contributed by atoms with Gasteiger partial charge in [-0.3, -0.25) is 4.90 Å². The Morgan fingerprint density at radius 3 is 2.67 bits per heavy atom. The molecule has 7 nitrogen and oxygen atoms in total. The molecule has 1 aromatic carbocycles. The number of carbonyl (C=O) groups is 1. The fourth-order valence-corrected chi connectivity index (χ4v) is 3.72. The Morgan fingerprint density at radius 2 is 2.00 bits per heavy atom. The predicted octanol–water partition coefficient (Wildman–Crippen LogP) is 5.06. The van der Waals surface area contributed by atoms with Gasteiger partial charge in [-0.2, -0.15) is 0 Å². The molecule has 1 aliphatic carbocycles. The molecule has 2 heterocycles. The minimum atomic E-state index is -0.577. The first-order valence-corrected chi connectivity index (χ1v) is 10.6. The van der Waals surface area contributed by atoms with Crippen LogP contribution >= 0.6 is 11.6 Å². The monoisotopic (exact) mass is 430 g/mol. The maximum absolute atomic E-state index is 12.8. The summed E-state index contributed by atoms with van der Waals surface area (Å²) < 4.78 is 11.3. The van der Waals surface area contributed by atoms with Gasteiger partial charge in [0.1, 0.15) is 5.60 Å². The van der Waals surface area contributed by atoms with Gasteiger partial charge in [-0.05, 0) is 51.2 Å². The van der Waals surface area contributed by atoms with Crippen LogP contribution < -0.4 is 5.32 Å². The lowest BCUT2D eigenvalue weighted by Crippen LogP contribution is -2.45. The zero-order valence-corrected chi connectivity index (χ0v) is 18.3. The first-order chi connectivity index (χ1) is 14.3. The number of aromatic nitrogens is 2. The van der Waals surface area contributed by atoms with Crippen molar-refractivity contribution in [1.29, 1.82) is 0 Å². The van der Waals surface area contributed by atoms with Crippen LogP contribution in [0.1, 0.15) is 56.7 Å². The summed E-state index contributed by atoms with van der Waals surface area (Å²) in [6.07, 6.45) is 5.76. The fraction of sp³-hybridized carbons (Fsp3) is 0.500. The van der Waals surface area contributed by atoms with Gasteiger partial charge in [0.05, 0.1) is 30.0 Å². The highest BCUT2D eigenvalue weighted by Crippen LogP contribution is 2.40. The number of hydrogen-bond acceptors (Lipinski definition) is 6. The molecule has 0 spiro atoms. The molecule has 4 rings (SSSR count). The number of nitrogens with one attached hydrogen (secondary N) is 1. The summed E-state index contributed by atoms with van der Waals surface area (Å²) in [6, 6.07) is 5.26. The van der Waals surface area contributed by atoms with Crippen molar-refractivity contribution in [1.82, 2.24) is 14.9 Å². The van der Waals surface area contributed by atoms with E-state index in [9.17, 15) is 4.79 Å². The molecular weight excluding hydrogens is 404 g/mol. The fourth-order valence-electron chi connectivity index (χ4n) is 3.49. The topological polar surface area (TPSA) is 76.6 Å². The Labute approximate surface area is 181 Å². The second-order valence-corrected chi connectivity index (χ2v) is 9.11. The van der Waals surface area contributed by atoms with Crippen molar-refractivity contribution in [3.63, 3.8) is 0 Å². The Kier molecular flexibility index (Phi) is 5.84. The first-order valence-electron chi connectivity index (χ1n) is 10.3.